The number of ketones is 1. The normalized spacial score (nSPS) is 15.1. The van der Waals surface area contributed by atoms with Crippen molar-refractivity contribution >= 4 is 45.9 Å². The Morgan fingerprint density at radius 1 is 1.10 bits per heavy atom. The zero-order valence-electron chi connectivity index (χ0n) is 23.4. The number of benzene rings is 3. The molecule has 1 N–H and O–H groups in total. The number of ether oxygens (including phenoxy) is 2. The molecule has 8 nitrogen and oxygen atoms in total. The molecule has 1 saturated heterocycles. The Kier molecular flexibility index (Phi) is 8.89. The number of aromatic nitrogens is 1. The topological polar surface area (TPSA) is 89.9 Å². The molecule has 0 aliphatic carbocycles. The molecule has 218 valence electrons. The molecule has 0 saturated carbocycles. The third kappa shape index (κ3) is 6.32. The van der Waals surface area contributed by atoms with Gasteiger partial charge in [0, 0.05) is 37.1 Å². The highest BCUT2D eigenvalue weighted by Gasteiger charge is 2.31. The van der Waals surface area contributed by atoms with E-state index < -0.39 is 23.7 Å². The second kappa shape index (κ2) is 12.8. The molecule has 5 rings (SSSR count). The largest absolute Gasteiger partial charge is 0.478 e. The molecule has 4 aromatic rings. The van der Waals surface area contributed by atoms with Crippen molar-refractivity contribution in [2.45, 2.75) is 32.2 Å². The second-order valence-electron chi connectivity index (χ2n) is 10.2. The summed E-state index contributed by atoms with van der Waals surface area (Å²) in [6.07, 6.45) is 3.02. The Morgan fingerprint density at radius 2 is 1.86 bits per heavy atom. The van der Waals surface area contributed by atoms with Gasteiger partial charge >= 0.3 is 5.97 Å². The second-order valence-corrected chi connectivity index (χ2v) is 10.6. The van der Waals surface area contributed by atoms with Crippen molar-refractivity contribution in [3.8, 4) is 5.75 Å². The number of amides is 1. The highest BCUT2D eigenvalue weighted by Crippen LogP contribution is 2.29. The van der Waals surface area contributed by atoms with E-state index in [4.69, 9.17) is 21.1 Å². The molecule has 42 heavy (non-hydrogen) atoms. The van der Waals surface area contributed by atoms with Gasteiger partial charge in [-0.25, -0.2) is 9.18 Å². The van der Waals surface area contributed by atoms with Crippen LogP contribution in [-0.2, 0) is 23.0 Å². The van der Waals surface area contributed by atoms with E-state index in [9.17, 15) is 14.4 Å². The minimum atomic E-state index is -0.622. The maximum atomic E-state index is 15.2. The standard InChI is InChI=1S/C32H31ClFN3O5/c1-3-41-32(40)20-10-12-22(13-11-20)42-19-37-14-6-9-29(37)30(38)16-21-15-25(33)27(17-26(21)34)35-31(39)24-18-36(2)28-8-5-4-7-23(24)28/h4-5,7-8,10-13,15,17-18,29H,3,6,9,14,16,19H2,1-2H3,(H,35,39)/t29-/m1/s1. The number of likely N-dealkylation sites (tertiary alicyclic amines) is 1. The molecule has 1 aliphatic heterocycles. The molecule has 0 unspecified atom stereocenters. The van der Waals surface area contributed by atoms with Crippen LogP contribution in [0.15, 0.2) is 66.9 Å². The van der Waals surface area contributed by atoms with E-state index >= 15 is 4.39 Å². The zero-order valence-corrected chi connectivity index (χ0v) is 24.1. The Morgan fingerprint density at radius 3 is 2.62 bits per heavy atom. The lowest BCUT2D eigenvalue weighted by molar-refractivity contribution is -0.123. The van der Waals surface area contributed by atoms with Crippen molar-refractivity contribution < 1.29 is 28.2 Å². The summed E-state index contributed by atoms with van der Waals surface area (Å²) >= 11 is 6.44. The number of nitrogens with one attached hydrogen (secondary N) is 1. The number of rotatable bonds is 10. The Bertz CT molecular complexity index is 1640. The quantitative estimate of drug-likeness (QED) is 0.227. The number of Topliss-reactive ketones (excluding diaryl/α,β-unsaturated/α-hetero) is 1. The van der Waals surface area contributed by atoms with Gasteiger partial charge in [-0.1, -0.05) is 29.8 Å². The van der Waals surface area contributed by atoms with Crippen LogP contribution in [0.3, 0.4) is 0 Å². The fraction of sp³-hybridized carbons (Fsp3) is 0.281. The van der Waals surface area contributed by atoms with Crippen LogP contribution in [0.1, 0.15) is 46.0 Å². The minimum Gasteiger partial charge on any atom is -0.478 e. The lowest BCUT2D eigenvalue weighted by Crippen LogP contribution is -2.39. The highest BCUT2D eigenvalue weighted by atomic mass is 35.5. The SMILES string of the molecule is CCOC(=O)c1ccc(OCN2CCC[C@@H]2C(=O)Cc2cc(Cl)c(NC(=O)c3cn(C)c4ccccc34)cc2F)cc1. The van der Waals surface area contributed by atoms with Crippen molar-refractivity contribution in [3.05, 3.63) is 94.4 Å². The average Bonchev–Trinajstić information content (AvgIpc) is 3.59. The number of para-hydroxylation sites is 1. The lowest BCUT2D eigenvalue weighted by Gasteiger charge is -2.23. The molecular formula is C32H31ClFN3O5. The smallest absolute Gasteiger partial charge is 0.338 e. The summed E-state index contributed by atoms with van der Waals surface area (Å²) in [5.74, 6) is -1.02. The summed E-state index contributed by atoms with van der Waals surface area (Å²) in [4.78, 5) is 40.0. The van der Waals surface area contributed by atoms with E-state index in [1.165, 1.54) is 6.07 Å². The van der Waals surface area contributed by atoms with E-state index in [2.05, 4.69) is 5.32 Å². The van der Waals surface area contributed by atoms with Crippen LogP contribution in [0.25, 0.3) is 10.9 Å². The Hall–Kier alpha value is -4.21. The first-order chi connectivity index (χ1) is 20.2. The van der Waals surface area contributed by atoms with Gasteiger partial charge in [0.15, 0.2) is 5.78 Å². The van der Waals surface area contributed by atoms with Gasteiger partial charge in [-0.2, -0.15) is 0 Å². The van der Waals surface area contributed by atoms with Crippen molar-refractivity contribution in [2.24, 2.45) is 7.05 Å². The van der Waals surface area contributed by atoms with Gasteiger partial charge in [0.1, 0.15) is 18.3 Å². The summed E-state index contributed by atoms with van der Waals surface area (Å²) in [5.41, 5.74) is 2.07. The summed E-state index contributed by atoms with van der Waals surface area (Å²) < 4.78 is 27.9. The first-order valence-electron chi connectivity index (χ1n) is 13.7. The van der Waals surface area contributed by atoms with Gasteiger partial charge in [0.2, 0.25) is 0 Å². The van der Waals surface area contributed by atoms with Crippen LogP contribution in [0.5, 0.6) is 5.75 Å². The van der Waals surface area contributed by atoms with Crippen LogP contribution >= 0.6 is 11.6 Å². The van der Waals surface area contributed by atoms with E-state index in [0.29, 0.717) is 36.4 Å². The van der Waals surface area contributed by atoms with Crippen LogP contribution in [0.2, 0.25) is 5.02 Å². The highest BCUT2D eigenvalue weighted by molar-refractivity contribution is 6.34. The Labute approximate surface area is 248 Å². The molecule has 1 aromatic heterocycles. The maximum absolute atomic E-state index is 15.2. The lowest BCUT2D eigenvalue weighted by atomic mass is 10.0. The fourth-order valence-electron chi connectivity index (χ4n) is 5.24. The van der Waals surface area contributed by atoms with Crippen molar-refractivity contribution in [1.82, 2.24) is 9.47 Å². The number of esters is 1. The minimum absolute atomic E-state index is 0.133. The van der Waals surface area contributed by atoms with Gasteiger partial charge < -0.3 is 19.4 Å². The van der Waals surface area contributed by atoms with E-state index in [-0.39, 0.29) is 35.2 Å². The molecule has 0 spiro atoms. The summed E-state index contributed by atoms with van der Waals surface area (Å²) in [6.45, 7) is 2.89. The van der Waals surface area contributed by atoms with Crippen LogP contribution in [0, 0.1) is 5.82 Å². The van der Waals surface area contributed by atoms with Crippen molar-refractivity contribution in [3.63, 3.8) is 0 Å². The van der Waals surface area contributed by atoms with Gasteiger partial charge in [0.05, 0.1) is 34.5 Å². The van der Waals surface area contributed by atoms with Crippen LogP contribution in [0.4, 0.5) is 10.1 Å². The number of fused-ring (bicyclic) bond motifs is 1. The third-order valence-electron chi connectivity index (χ3n) is 7.39. The van der Waals surface area contributed by atoms with E-state index in [0.717, 1.165) is 23.4 Å². The molecule has 0 radical (unpaired) electrons. The van der Waals surface area contributed by atoms with E-state index in [1.54, 1.807) is 37.4 Å². The molecular weight excluding hydrogens is 561 g/mol. The van der Waals surface area contributed by atoms with Crippen molar-refractivity contribution in [2.75, 3.05) is 25.2 Å². The molecule has 10 heteroatoms. The predicted molar refractivity (Wildman–Crippen MR) is 159 cm³/mol. The third-order valence-corrected chi connectivity index (χ3v) is 7.70. The summed E-state index contributed by atoms with van der Waals surface area (Å²) in [7, 11) is 1.85. The molecule has 1 fully saturated rings. The first-order valence-corrected chi connectivity index (χ1v) is 14.1. The number of carbonyl (C=O) groups is 3. The fourth-order valence-corrected chi connectivity index (χ4v) is 5.47. The summed E-state index contributed by atoms with van der Waals surface area (Å²) in [5, 5.41) is 3.62. The number of halogens is 2. The molecule has 0 bridgehead atoms. The number of hydrogen-bond acceptors (Lipinski definition) is 6. The van der Waals surface area contributed by atoms with Gasteiger partial charge in [-0.15, -0.1) is 0 Å². The molecule has 3 aromatic carbocycles. The Balaban J connectivity index is 1.21. The predicted octanol–water partition coefficient (Wildman–Crippen LogP) is 6.01. The van der Waals surface area contributed by atoms with Crippen LogP contribution < -0.4 is 10.1 Å². The van der Waals surface area contributed by atoms with E-state index in [1.807, 2.05) is 40.8 Å². The number of hydrogen-bond donors (Lipinski definition) is 1. The molecule has 1 atom stereocenters. The first kappa shape index (κ1) is 29.3. The molecule has 1 amide bonds. The van der Waals surface area contributed by atoms with Gasteiger partial charge in [-0.3, -0.25) is 14.5 Å². The monoisotopic (exact) mass is 591 g/mol. The van der Waals surface area contributed by atoms with Crippen molar-refractivity contribution in [1.29, 1.82) is 0 Å². The van der Waals surface area contributed by atoms with Crippen LogP contribution in [-0.4, -0.2) is 53.1 Å². The van der Waals surface area contributed by atoms with Gasteiger partial charge in [0.25, 0.3) is 5.91 Å². The van der Waals surface area contributed by atoms with Gasteiger partial charge in [-0.05, 0) is 67.8 Å². The number of aryl methyl sites for hydroxylation is 1. The molecule has 2 heterocycles. The zero-order chi connectivity index (χ0) is 29.8. The number of carbonyl (C=O) groups excluding carboxylic acids is 3. The average molecular weight is 592 g/mol. The number of anilines is 1. The number of nitrogens with zero attached hydrogens (tertiary/aromatic N) is 2. The maximum Gasteiger partial charge on any atom is 0.338 e. The molecule has 1 aliphatic rings. The summed E-state index contributed by atoms with van der Waals surface area (Å²) in [6, 6.07) is 16.2.